The topological polar surface area (TPSA) is 123 Å². The Kier molecular flexibility index (Phi) is 12.9. The van der Waals surface area contributed by atoms with Gasteiger partial charge in [0.2, 0.25) is 11.8 Å². The van der Waals surface area contributed by atoms with E-state index >= 15 is 0 Å². The zero-order chi connectivity index (χ0) is 30.8. The summed E-state index contributed by atoms with van der Waals surface area (Å²) in [7, 11) is 0. The van der Waals surface area contributed by atoms with Crippen molar-refractivity contribution in [3.05, 3.63) is 30.1 Å². The third kappa shape index (κ3) is 10.8. The summed E-state index contributed by atoms with van der Waals surface area (Å²) in [6.45, 7) is 4.54. The average Bonchev–Trinajstić information content (AvgIpc) is 3.82. The molecule has 0 saturated heterocycles. The Balaban J connectivity index is 1.60. The summed E-state index contributed by atoms with van der Waals surface area (Å²) < 4.78 is 0. The molecule has 43 heavy (non-hydrogen) atoms. The lowest BCUT2D eigenvalue weighted by Gasteiger charge is -2.45. The first-order valence-corrected chi connectivity index (χ1v) is 17.2. The summed E-state index contributed by atoms with van der Waals surface area (Å²) in [6.07, 6.45) is 15.0. The van der Waals surface area contributed by atoms with Gasteiger partial charge in [0.15, 0.2) is 0 Å². The molecule has 1 heterocycles. The van der Waals surface area contributed by atoms with Crippen molar-refractivity contribution in [2.24, 2.45) is 23.7 Å². The van der Waals surface area contributed by atoms with Crippen LogP contribution in [0.4, 0.5) is 0 Å². The Labute approximate surface area is 259 Å². The molecule has 0 radical (unpaired) electrons. The molecule has 0 spiro atoms. The van der Waals surface area contributed by atoms with E-state index in [1.807, 2.05) is 26.0 Å². The van der Waals surface area contributed by atoms with Crippen LogP contribution in [0.5, 0.6) is 0 Å². The van der Waals surface area contributed by atoms with Crippen molar-refractivity contribution in [1.82, 2.24) is 15.2 Å². The Morgan fingerprint density at radius 1 is 1.00 bits per heavy atom. The van der Waals surface area contributed by atoms with E-state index in [9.17, 15) is 24.9 Å². The molecule has 8 heteroatoms. The second-order valence-electron chi connectivity index (χ2n) is 14.5. The lowest BCUT2D eigenvalue weighted by molar-refractivity contribution is -0.153. The van der Waals surface area contributed by atoms with E-state index in [1.165, 1.54) is 6.42 Å². The van der Waals surface area contributed by atoms with Crippen LogP contribution in [-0.4, -0.2) is 67.4 Å². The minimum absolute atomic E-state index is 0.0747. The molecule has 0 aliphatic heterocycles. The van der Waals surface area contributed by atoms with Gasteiger partial charge in [0, 0.05) is 37.8 Å². The zero-order valence-corrected chi connectivity index (χ0v) is 26.6. The molecular formula is C35H57N3O5. The third-order valence-corrected chi connectivity index (χ3v) is 10.0. The summed E-state index contributed by atoms with van der Waals surface area (Å²) in [5.41, 5.74) is -0.120. The van der Waals surface area contributed by atoms with Crippen molar-refractivity contribution in [3.8, 4) is 0 Å². The van der Waals surface area contributed by atoms with Crippen molar-refractivity contribution >= 4 is 11.8 Å². The van der Waals surface area contributed by atoms with Crippen LogP contribution in [-0.2, 0) is 16.1 Å². The average molecular weight is 600 g/mol. The van der Waals surface area contributed by atoms with Gasteiger partial charge in [0.05, 0.1) is 17.7 Å². The van der Waals surface area contributed by atoms with E-state index < -0.39 is 29.8 Å². The summed E-state index contributed by atoms with van der Waals surface area (Å²) in [5, 5.41) is 37.7. The van der Waals surface area contributed by atoms with Gasteiger partial charge in [-0.15, -0.1) is 0 Å². The normalized spacial score (nSPS) is 22.0. The molecule has 1 aromatic rings. The van der Waals surface area contributed by atoms with Gasteiger partial charge in [0.25, 0.3) is 0 Å². The van der Waals surface area contributed by atoms with E-state index in [2.05, 4.69) is 10.3 Å². The van der Waals surface area contributed by atoms with E-state index in [4.69, 9.17) is 0 Å². The van der Waals surface area contributed by atoms with Gasteiger partial charge < -0.3 is 25.5 Å². The van der Waals surface area contributed by atoms with Crippen LogP contribution in [0.2, 0.25) is 0 Å². The molecule has 4 N–H and O–H groups in total. The highest BCUT2D eigenvalue weighted by molar-refractivity contribution is 5.86. The molecule has 4 rings (SSSR count). The predicted octanol–water partition coefficient (Wildman–Crippen LogP) is 5.13. The highest BCUT2D eigenvalue weighted by Crippen LogP contribution is 2.39. The lowest BCUT2D eigenvalue weighted by Crippen LogP contribution is -2.58. The molecular weight excluding hydrogens is 542 g/mol. The summed E-state index contributed by atoms with van der Waals surface area (Å²) >= 11 is 0. The fraction of sp³-hybridized carbons (Fsp3) is 0.800. The minimum Gasteiger partial charge on any atom is -0.390 e. The number of hydrogen-bond donors (Lipinski definition) is 4. The van der Waals surface area contributed by atoms with Gasteiger partial charge in [-0.25, -0.2) is 0 Å². The Morgan fingerprint density at radius 3 is 2.30 bits per heavy atom. The van der Waals surface area contributed by atoms with Crippen molar-refractivity contribution in [3.63, 3.8) is 0 Å². The quantitative estimate of drug-likeness (QED) is 0.209. The molecule has 3 aliphatic carbocycles. The summed E-state index contributed by atoms with van der Waals surface area (Å²) in [5.74, 6) is 0.116. The number of pyridine rings is 1. The van der Waals surface area contributed by atoms with E-state index in [0.29, 0.717) is 50.5 Å². The molecule has 0 aromatic carbocycles. The second-order valence-corrected chi connectivity index (χ2v) is 14.5. The Morgan fingerprint density at radius 2 is 1.67 bits per heavy atom. The smallest absolute Gasteiger partial charge is 0.226 e. The van der Waals surface area contributed by atoms with Crippen LogP contribution in [0, 0.1) is 23.7 Å². The first-order valence-electron chi connectivity index (χ1n) is 17.2. The Bertz CT molecular complexity index is 988. The largest absolute Gasteiger partial charge is 0.390 e. The maximum absolute atomic E-state index is 14.7. The van der Waals surface area contributed by atoms with E-state index in [-0.39, 0.29) is 30.7 Å². The van der Waals surface area contributed by atoms with Crippen LogP contribution >= 0.6 is 0 Å². The monoisotopic (exact) mass is 599 g/mol. The second kappa shape index (κ2) is 16.3. The zero-order valence-electron chi connectivity index (χ0n) is 26.6. The molecule has 4 atom stereocenters. The molecule has 8 nitrogen and oxygen atoms in total. The van der Waals surface area contributed by atoms with Crippen molar-refractivity contribution in [2.45, 2.75) is 147 Å². The highest BCUT2D eigenvalue weighted by atomic mass is 16.3. The number of aliphatic hydroxyl groups is 3. The number of carbonyl (C=O) groups excluding carboxylic acids is 2. The summed E-state index contributed by atoms with van der Waals surface area (Å²) in [4.78, 5) is 33.8. The number of nitrogens with zero attached hydrogens (tertiary/aromatic N) is 2. The molecule has 3 aliphatic rings. The third-order valence-electron chi connectivity index (χ3n) is 10.0. The molecule has 0 unspecified atom stereocenters. The van der Waals surface area contributed by atoms with Gasteiger partial charge in [-0.3, -0.25) is 14.6 Å². The molecule has 2 amide bonds. The number of amides is 2. The number of nitrogens with one attached hydrogen (secondary N) is 1. The minimum atomic E-state index is -1.11. The van der Waals surface area contributed by atoms with Crippen LogP contribution in [0.25, 0.3) is 0 Å². The van der Waals surface area contributed by atoms with Gasteiger partial charge in [-0.05, 0) is 61.5 Å². The number of hydrogen-bond acceptors (Lipinski definition) is 6. The fourth-order valence-corrected chi connectivity index (χ4v) is 7.40. The highest BCUT2D eigenvalue weighted by Gasteiger charge is 2.43. The molecule has 3 saturated carbocycles. The number of aliphatic hydroxyl groups excluding tert-OH is 2. The first-order chi connectivity index (χ1) is 20.6. The lowest BCUT2D eigenvalue weighted by atomic mass is 9.79. The molecule has 3 fully saturated rings. The van der Waals surface area contributed by atoms with E-state index in [1.54, 1.807) is 17.3 Å². The van der Waals surface area contributed by atoms with Crippen molar-refractivity contribution < 1.29 is 24.9 Å². The summed E-state index contributed by atoms with van der Waals surface area (Å²) in [6, 6.07) is 3.14. The molecule has 0 bridgehead atoms. The van der Waals surface area contributed by atoms with Gasteiger partial charge in [-0.1, -0.05) is 84.1 Å². The number of rotatable bonds is 16. The maximum Gasteiger partial charge on any atom is 0.226 e. The molecule has 242 valence electrons. The van der Waals surface area contributed by atoms with Gasteiger partial charge >= 0.3 is 0 Å². The maximum atomic E-state index is 14.7. The van der Waals surface area contributed by atoms with Crippen LogP contribution in [0.3, 0.4) is 0 Å². The van der Waals surface area contributed by atoms with Gasteiger partial charge in [-0.2, -0.15) is 0 Å². The van der Waals surface area contributed by atoms with Crippen LogP contribution in [0.1, 0.15) is 122 Å². The van der Waals surface area contributed by atoms with Crippen molar-refractivity contribution in [1.29, 1.82) is 0 Å². The molecule has 1 aromatic heterocycles. The first kappa shape index (κ1) is 33.9. The van der Waals surface area contributed by atoms with Gasteiger partial charge in [0.1, 0.15) is 6.10 Å². The van der Waals surface area contributed by atoms with E-state index in [0.717, 1.165) is 63.4 Å². The fourth-order valence-electron chi connectivity index (χ4n) is 7.40. The van der Waals surface area contributed by atoms with Crippen molar-refractivity contribution in [2.75, 3.05) is 6.54 Å². The predicted molar refractivity (Wildman–Crippen MR) is 168 cm³/mol. The SMILES string of the molecule is CC(C)C[C@H](O)[C@H](O)[C@H](CC1CCCCC1)N(CC1(O)CCCCC1)C(=O)[C@@H](CC(=O)NCc1cccnc1)CC1CC1. The van der Waals surface area contributed by atoms with Crippen LogP contribution < -0.4 is 5.32 Å². The number of carbonyl (C=O) groups is 2. The standard InChI is InChI=1S/C35H57N3O5/c1-25(2)18-31(39)33(41)30(20-26-10-5-3-6-11-26)38(24-35(43)15-7-4-8-16-35)34(42)29(19-27-13-14-27)21-32(40)37-23-28-12-9-17-36-22-28/h9,12,17,22,25-27,29-31,33,39,41,43H,3-8,10-11,13-16,18-21,23-24H2,1-2H3,(H,37,40)/t29-,30+,31+,33-/m1/s1. The number of aromatic nitrogens is 1. The van der Waals surface area contributed by atoms with Crippen LogP contribution in [0.15, 0.2) is 24.5 Å². The Hall–Kier alpha value is -2.03.